The van der Waals surface area contributed by atoms with E-state index in [-0.39, 0.29) is 12.1 Å². The molecule has 0 bridgehead atoms. The van der Waals surface area contributed by atoms with E-state index in [0.717, 1.165) is 17.8 Å². The summed E-state index contributed by atoms with van der Waals surface area (Å²) in [5, 5.41) is 3.31. The number of nitrogens with one attached hydrogen (secondary N) is 1. The van der Waals surface area contributed by atoms with Gasteiger partial charge in [-0.1, -0.05) is 0 Å². The first-order valence-electron chi connectivity index (χ1n) is 5.42. The van der Waals surface area contributed by atoms with Crippen molar-refractivity contribution in [3.05, 3.63) is 11.9 Å². The monoisotopic (exact) mass is 224 g/mol. The van der Waals surface area contributed by atoms with Gasteiger partial charge >= 0.3 is 0 Å². The van der Waals surface area contributed by atoms with Crippen molar-refractivity contribution < 1.29 is 4.74 Å². The average Bonchev–Trinajstić information content (AvgIpc) is 2.20. The van der Waals surface area contributed by atoms with Crippen LogP contribution in [0.3, 0.4) is 0 Å². The molecular formula is C11H20N4O. The summed E-state index contributed by atoms with van der Waals surface area (Å²) in [5.41, 5.74) is 6.66. The quantitative estimate of drug-likeness (QED) is 0.789. The lowest BCUT2D eigenvalue weighted by Crippen LogP contribution is -2.26. The van der Waals surface area contributed by atoms with Gasteiger partial charge in [-0.2, -0.15) is 0 Å². The molecule has 0 amide bonds. The molecule has 1 heterocycles. The molecule has 5 nitrogen and oxygen atoms in total. The number of rotatable bonds is 5. The molecule has 0 aliphatic rings. The van der Waals surface area contributed by atoms with Crippen molar-refractivity contribution in [3.8, 4) is 5.88 Å². The average molecular weight is 224 g/mol. The highest BCUT2D eigenvalue weighted by molar-refractivity contribution is 5.48. The first-order chi connectivity index (χ1) is 7.54. The van der Waals surface area contributed by atoms with Crippen molar-refractivity contribution in [1.29, 1.82) is 0 Å². The number of nitrogens with two attached hydrogens (primary N) is 1. The van der Waals surface area contributed by atoms with Gasteiger partial charge in [-0.05, 0) is 27.2 Å². The second kappa shape index (κ2) is 5.65. The summed E-state index contributed by atoms with van der Waals surface area (Å²) in [6, 6.07) is 0.449. The largest absolute Gasteiger partial charge is 0.481 e. The van der Waals surface area contributed by atoms with Crippen LogP contribution in [0.25, 0.3) is 0 Å². The standard InChI is InChI=1S/C11H20N4O/c1-7(12)5-8(2)15-10-9(3)11(16-4)14-6-13-10/h6-8H,5,12H2,1-4H3,(H,13,14,15). The van der Waals surface area contributed by atoms with Crippen molar-refractivity contribution in [2.75, 3.05) is 12.4 Å². The molecule has 5 heteroatoms. The van der Waals surface area contributed by atoms with Crippen molar-refractivity contribution in [2.45, 2.75) is 39.3 Å². The number of hydrogen-bond donors (Lipinski definition) is 2. The van der Waals surface area contributed by atoms with Crippen molar-refractivity contribution >= 4 is 5.82 Å². The molecule has 2 atom stereocenters. The van der Waals surface area contributed by atoms with Gasteiger partial charge in [0.1, 0.15) is 12.1 Å². The molecule has 16 heavy (non-hydrogen) atoms. The normalized spacial score (nSPS) is 14.3. The number of hydrogen-bond acceptors (Lipinski definition) is 5. The van der Waals surface area contributed by atoms with E-state index in [1.807, 2.05) is 13.8 Å². The summed E-state index contributed by atoms with van der Waals surface area (Å²) < 4.78 is 5.13. The fraction of sp³-hybridized carbons (Fsp3) is 0.636. The van der Waals surface area contributed by atoms with Crippen LogP contribution >= 0.6 is 0 Å². The fourth-order valence-electron chi connectivity index (χ4n) is 1.64. The smallest absolute Gasteiger partial charge is 0.221 e. The Morgan fingerprint density at radius 3 is 2.69 bits per heavy atom. The Hall–Kier alpha value is -1.36. The minimum atomic E-state index is 0.173. The van der Waals surface area contributed by atoms with E-state index >= 15 is 0 Å². The van der Waals surface area contributed by atoms with Gasteiger partial charge in [0.2, 0.25) is 5.88 Å². The Kier molecular flexibility index (Phi) is 4.49. The number of methoxy groups -OCH3 is 1. The van der Waals surface area contributed by atoms with Gasteiger partial charge < -0.3 is 15.8 Å². The molecule has 0 saturated heterocycles. The zero-order chi connectivity index (χ0) is 12.1. The lowest BCUT2D eigenvalue weighted by Gasteiger charge is -2.18. The predicted molar refractivity (Wildman–Crippen MR) is 64.7 cm³/mol. The second-order valence-electron chi connectivity index (χ2n) is 4.11. The second-order valence-corrected chi connectivity index (χ2v) is 4.11. The molecule has 0 radical (unpaired) electrons. The van der Waals surface area contributed by atoms with Gasteiger partial charge in [0.05, 0.1) is 12.7 Å². The molecule has 0 saturated carbocycles. The molecule has 0 spiro atoms. The van der Waals surface area contributed by atoms with Gasteiger partial charge in [-0.25, -0.2) is 9.97 Å². The summed E-state index contributed by atoms with van der Waals surface area (Å²) in [7, 11) is 1.60. The summed E-state index contributed by atoms with van der Waals surface area (Å²) in [6.45, 7) is 6.00. The highest BCUT2D eigenvalue weighted by atomic mass is 16.5. The zero-order valence-corrected chi connectivity index (χ0v) is 10.3. The molecular weight excluding hydrogens is 204 g/mol. The molecule has 0 fully saturated rings. The Morgan fingerprint density at radius 2 is 2.12 bits per heavy atom. The summed E-state index contributed by atoms with van der Waals surface area (Å²) >= 11 is 0. The van der Waals surface area contributed by atoms with E-state index in [2.05, 4.69) is 22.2 Å². The van der Waals surface area contributed by atoms with E-state index in [1.165, 1.54) is 6.33 Å². The van der Waals surface area contributed by atoms with Crippen LogP contribution in [-0.4, -0.2) is 29.2 Å². The van der Waals surface area contributed by atoms with Crippen LogP contribution in [-0.2, 0) is 0 Å². The van der Waals surface area contributed by atoms with E-state index in [9.17, 15) is 0 Å². The minimum Gasteiger partial charge on any atom is -0.481 e. The molecule has 1 aromatic rings. The molecule has 3 N–H and O–H groups in total. The SMILES string of the molecule is COc1ncnc(NC(C)CC(C)N)c1C. The third-order valence-electron chi connectivity index (χ3n) is 2.34. The molecule has 0 aliphatic carbocycles. The lowest BCUT2D eigenvalue weighted by atomic mass is 10.1. The summed E-state index contributed by atoms with van der Waals surface area (Å²) in [5.74, 6) is 1.41. The maximum atomic E-state index is 5.74. The Bertz CT molecular complexity index is 341. The van der Waals surface area contributed by atoms with E-state index < -0.39 is 0 Å². The third kappa shape index (κ3) is 3.34. The van der Waals surface area contributed by atoms with Crippen LogP contribution in [0, 0.1) is 6.92 Å². The molecule has 0 aliphatic heterocycles. The molecule has 2 unspecified atom stereocenters. The van der Waals surface area contributed by atoms with Gasteiger partial charge in [0.25, 0.3) is 0 Å². The number of ether oxygens (including phenoxy) is 1. The molecule has 0 aromatic carbocycles. The highest BCUT2D eigenvalue weighted by Gasteiger charge is 2.10. The zero-order valence-electron chi connectivity index (χ0n) is 10.3. The van der Waals surface area contributed by atoms with Crippen molar-refractivity contribution in [2.24, 2.45) is 5.73 Å². The van der Waals surface area contributed by atoms with Gasteiger partial charge in [-0.15, -0.1) is 0 Å². The fourth-order valence-corrected chi connectivity index (χ4v) is 1.64. The predicted octanol–water partition coefficient (Wildman–Crippen LogP) is 1.33. The van der Waals surface area contributed by atoms with Gasteiger partial charge in [0, 0.05) is 12.1 Å². The molecule has 1 rings (SSSR count). The first kappa shape index (κ1) is 12.7. The summed E-state index contributed by atoms with van der Waals surface area (Å²) in [4.78, 5) is 8.22. The van der Waals surface area contributed by atoms with Crippen LogP contribution in [0.15, 0.2) is 6.33 Å². The van der Waals surface area contributed by atoms with Crippen LogP contribution in [0.1, 0.15) is 25.8 Å². The first-order valence-corrected chi connectivity index (χ1v) is 5.42. The Balaban J connectivity index is 2.73. The molecule has 90 valence electrons. The highest BCUT2D eigenvalue weighted by Crippen LogP contribution is 2.20. The van der Waals surface area contributed by atoms with Crippen LogP contribution in [0.4, 0.5) is 5.82 Å². The number of anilines is 1. The van der Waals surface area contributed by atoms with Gasteiger partial charge in [-0.3, -0.25) is 0 Å². The van der Waals surface area contributed by atoms with Gasteiger partial charge in [0.15, 0.2) is 0 Å². The van der Waals surface area contributed by atoms with Crippen LogP contribution < -0.4 is 15.8 Å². The van der Waals surface area contributed by atoms with E-state index in [4.69, 9.17) is 10.5 Å². The van der Waals surface area contributed by atoms with Crippen molar-refractivity contribution in [1.82, 2.24) is 9.97 Å². The minimum absolute atomic E-state index is 0.173. The number of aromatic nitrogens is 2. The molecule has 1 aromatic heterocycles. The summed E-state index contributed by atoms with van der Waals surface area (Å²) in [6.07, 6.45) is 2.39. The topological polar surface area (TPSA) is 73.1 Å². The maximum Gasteiger partial charge on any atom is 0.221 e. The third-order valence-corrected chi connectivity index (χ3v) is 2.34. The van der Waals surface area contributed by atoms with Crippen LogP contribution in [0.5, 0.6) is 5.88 Å². The Labute approximate surface area is 96.4 Å². The maximum absolute atomic E-state index is 5.74. The Morgan fingerprint density at radius 1 is 1.44 bits per heavy atom. The lowest BCUT2D eigenvalue weighted by molar-refractivity contribution is 0.393. The number of nitrogens with zero attached hydrogens (tertiary/aromatic N) is 2. The van der Waals surface area contributed by atoms with Crippen molar-refractivity contribution in [3.63, 3.8) is 0 Å². The van der Waals surface area contributed by atoms with E-state index in [1.54, 1.807) is 7.11 Å². The van der Waals surface area contributed by atoms with E-state index in [0.29, 0.717) is 5.88 Å². The van der Waals surface area contributed by atoms with Crippen LogP contribution in [0.2, 0.25) is 0 Å².